The molecule has 0 saturated heterocycles. The third kappa shape index (κ3) is 2.61. The van der Waals surface area contributed by atoms with Gasteiger partial charge in [0.1, 0.15) is 11.4 Å². The minimum Gasteiger partial charge on any atom is -0.508 e. The molecule has 1 aromatic carbocycles. The van der Waals surface area contributed by atoms with Gasteiger partial charge in [-0.05, 0) is 23.8 Å². The number of carbonyl (C=O) groups excluding carboxylic acids is 1. The Labute approximate surface area is 107 Å². The second-order valence-corrected chi connectivity index (χ2v) is 3.91. The van der Waals surface area contributed by atoms with E-state index < -0.39 is 18.7 Å². The Morgan fingerprint density at radius 2 is 2.21 bits per heavy atom. The molecular formula is C11H12F2N4O2. The highest BCUT2D eigenvalue weighted by molar-refractivity contribution is 5.66. The van der Waals surface area contributed by atoms with E-state index in [2.05, 4.69) is 10.4 Å². The van der Waals surface area contributed by atoms with E-state index >= 15 is 0 Å². The summed E-state index contributed by atoms with van der Waals surface area (Å²) in [5, 5.41) is 18.9. The molecule has 8 heteroatoms. The molecule has 19 heavy (non-hydrogen) atoms. The summed E-state index contributed by atoms with van der Waals surface area (Å²) in [4.78, 5) is 11.1. The van der Waals surface area contributed by atoms with Crippen LogP contribution in [0.2, 0.25) is 0 Å². The lowest BCUT2D eigenvalue weighted by Gasteiger charge is -2.23. The monoisotopic (exact) mass is 270 g/mol. The normalized spacial score (nSPS) is 18.1. The fraction of sp³-hybridized carbons (Fsp3) is 0.364. The SMILES string of the molecule is O=CC1N(CCCF)N=NN1c1ccc(O)cc1F. The number of benzene rings is 1. The molecule has 0 saturated carbocycles. The van der Waals surface area contributed by atoms with Crippen LogP contribution in [0, 0.1) is 5.82 Å². The standard InChI is InChI=1S/C11H12F2N4O2/c12-4-1-5-16-11(7-18)17(15-14-16)10-3-2-8(19)6-9(10)13/h2-3,6-7,11,19H,1,4-5H2. The van der Waals surface area contributed by atoms with Crippen LogP contribution in [0.4, 0.5) is 14.5 Å². The van der Waals surface area contributed by atoms with E-state index in [0.29, 0.717) is 6.29 Å². The van der Waals surface area contributed by atoms with E-state index in [4.69, 9.17) is 5.11 Å². The maximum atomic E-state index is 13.7. The number of phenols is 1. The Balaban J connectivity index is 2.21. The van der Waals surface area contributed by atoms with Crippen LogP contribution < -0.4 is 5.01 Å². The zero-order chi connectivity index (χ0) is 13.8. The molecule has 1 heterocycles. The number of nitrogens with zero attached hydrogens (tertiary/aromatic N) is 4. The molecular weight excluding hydrogens is 258 g/mol. The Bertz CT molecular complexity index is 498. The molecule has 1 aliphatic rings. The van der Waals surface area contributed by atoms with Crippen LogP contribution in [0.25, 0.3) is 0 Å². The van der Waals surface area contributed by atoms with Crippen molar-refractivity contribution in [3.05, 3.63) is 24.0 Å². The van der Waals surface area contributed by atoms with Crippen LogP contribution in [0.3, 0.4) is 0 Å². The van der Waals surface area contributed by atoms with Crippen molar-refractivity contribution < 1.29 is 18.7 Å². The number of alkyl halides is 1. The van der Waals surface area contributed by atoms with Crippen molar-refractivity contribution in [1.82, 2.24) is 5.01 Å². The quantitative estimate of drug-likeness (QED) is 0.829. The van der Waals surface area contributed by atoms with Gasteiger partial charge in [0, 0.05) is 12.6 Å². The van der Waals surface area contributed by atoms with Crippen molar-refractivity contribution in [3.63, 3.8) is 0 Å². The molecule has 102 valence electrons. The van der Waals surface area contributed by atoms with Crippen LogP contribution in [0.5, 0.6) is 5.75 Å². The van der Waals surface area contributed by atoms with Gasteiger partial charge in [0.15, 0.2) is 18.3 Å². The third-order valence-electron chi connectivity index (χ3n) is 2.63. The highest BCUT2D eigenvalue weighted by Gasteiger charge is 2.31. The molecule has 1 aliphatic heterocycles. The Morgan fingerprint density at radius 1 is 1.42 bits per heavy atom. The number of halogens is 2. The lowest BCUT2D eigenvalue weighted by molar-refractivity contribution is -0.111. The van der Waals surface area contributed by atoms with Crippen LogP contribution in [-0.4, -0.2) is 35.8 Å². The summed E-state index contributed by atoms with van der Waals surface area (Å²) < 4.78 is 25.8. The molecule has 6 nitrogen and oxygen atoms in total. The molecule has 0 amide bonds. The van der Waals surface area contributed by atoms with Gasteiger partial charge in [0.05, 0.1) is 6.67 Å². The predicted molar refractivity (Wildman–Crippen MR) is 62.5 cm³/mol. The number of aldehydes is 1. The molecule has 0 fully saturated rings. The van der Waals surface area contributed by atoms with E-state index in [1.807, 2.05) is 0 Å². The first kappa shape index (κ1) is 13.2. The molecule has 0 radical (unpaired) electrons. The fourth-order valence-corrected chi connectivity index (χ4v) is 1.73. The second kappa shape index (κ2) is 5.59. The first-order valence-corrected chi connectivity index (χ1v) is 5.64. The van der Waals surface area contributed by atoms with Crippen LogP contribution >= 0.6 is 0 Å². The molecule has 0 aliphatic carbocycles. The Hall–Kier alpha value is -2.25. The molecule has 2 rings (SSSR count). The van der Waals surface area contributed by atoms with E-state index in [1.165, 1.54) is 17.1 Å². The summed E-state index contributed by atoms with van der Waals surface area (Å²) in [6.07, 6.45) is -0.162. The lowest BCUT2D eigenvalue weighted by atomic mass is 10.2. The number of hydrogen-bond donors (Lipinski definition) is 1. The highest BCUT2D eigenvalue weighted by atomic mass is 19.1. The summed E-state index contributed by atoms with van der Waals surface area (Å²) in [5.74, 6) is -0.951. The Kier molecular flexibility index (Phi) is 3.88. The second-order valence-electron chi connectivity index (χ2n) is 3.91. The van der Waals surface area contributed by atoms with Crippen molar-refractivity contribution >= 4 is 12.0 Å². The van der Waals surface area contributed by atoms with Crippen molar-refractivity contribution in [2.24, 2.45) is 10.4 Å². The number of rotatable bonds is 5. The number of hydrogen-bond acceptors (Lipinski definition) is 6. The Morgan fingerprint density at radius 3 is 2.84 bits per heavy atom. The number of phenolic OH excluding ortho intramolecular Hbond substituents is 1. The van der Waals surface area contributed by atoms with Gasteiger partial charge in [0.25, 0.3) is 0 Å². The summed E-state index contributed by atoms with van der Waals surface area (Å²) in [6.45, 7) is -0.329. The number of anilines is 1. The smallest absolute Gasteiger partial charge is 0.198 e. The van der Waals surface area contributed by atoms with Crippen molar-refractivity contribution in [2.75, 3.05) is 18.2 Å². The molecule has 0 aromatic heterocycles. The zero-order valence-electron chi connectivity index (χ0n) is 9.91. The summed E-state index contributed by atoms with van der Waals surface area (Å²) >= 11 is 0. The fourth-order valence-electron chi connectivity index (χ4n) is 1.73. The maximum Gasteiger partial charge on any atom is 0.198 e. The first-order chi connectivity index (χ1) is 9.17. The van der Waals surface area contributed by atoms with Gasteiger partial charge in [0.2, 0.25) is 0 Å². The average Bonchev–Trinajstić information content (AvgIpc) is 2.79. The molecule has 0 spiro atoms. The molecule has 1 atom stereocenters. The van der Waals surface area contributed by atoms with Crippen LogP contribution in [-0.2, 0) is 4.79 Å². The lowest BCUT2D eigenvalue weighted by Crippen LogP contribution is -2.40. The summed E-state index contributed by atoms with van der Waals surface area (Å²) in [5.41, 5.74) is 0.0152. The van der Waals surface area contributed by atoms with E-state index in [-0.39, 0.29) is 24.4 Å². The van der Waals surface area contributed by atoms with Gasteiger partial charge < -0.3 is 5.11 Å². The summed E-state index contributed by atoms with van der Waals surface area (Å²) in [7, 11) is 0. The zero-order valence-corrected chi connectivity index (χ0v) is 9.91. The molecule has 1 unspecified atom stereocenters. The summed E-state index contributed by atoms with van der Waals surface area (Å²) in [6, 6.07) is 3.48. The number of aromatic hydroxyl groups is 1. The van der Waals surface area contributed by atoms with Gasteiger partial charge in [-0.15, -0.1) is 0 Å². The van der Waals surface area contributed by atoms with Gasteiger partial charge in [-0.1, -0.05) is 5.22 Å². The van der Waals surface area contributed by atoms with Crippen LogP contribution in [0.15, 0.2) is 28.6 Å². The van der Waals surface area contributed by atoms with Gasteiger partial charge in [-0.2, -0.15) is 0 Å². The molecule has 0 bridgehead atoms. The first-order valence-electron chi connectivity index (χ1n) is 5.64. The van der Waals surface area contributed by atoms with Crippen LogP contribution in [0.1, 0.15) is 6.42 Å². The number of carbonyl (C=O) groups is 1. The van der Waals surface area contributed by atoms with Crippen molar-refractivity contribution in [1.29, 1.82) is 0 Å². The van der Waals surface area contributed by atoms with E-state index in [9.17, 15) is 13.6 Å². The topological polar surface area (TPSA) is 68.5 Å². The van der Waals surface area contributed by atoms with Crippen molar-refractivity contribution in [2.45, 2.75) is 12.6 Å². The average molecular weight is 270 g/mol. The largest absolute Gasteiger partial charge is 0.508 e. The minimum absolute atomic E-state index is 0.0152. The predicted octanol–water partition coefficient (Wildman–Crippen LogP) is 1.82. The van der Waals surface area contributed by atoms with E-state index in [0.717, 1.165) is 11.1 Å². The third-order valence-corrected chi connectivity index (χ3v) is 2.63. The van der Waals surface area contributed by atoms with Gasteiger partial charge in [-0.25, -0.2) is 14.4 Å². The maximum absolute atomic E-state index is 13.7. The molecule has 1 N–H and O–H groups in total. The van der Waals surface area contributed by atoms with E-state index in [1.54, 1.807) is 0 Å². The van der Waals surface area contributed by atoms with Gasteiger partial charge in [-0.3, -0.25) is 9.18 Å². The van der Waals surface area contributed by atoms with Gasteiger partial charge >= 0.3 is 0 Å². The minimum atomic E-state index is -0.911. The molecule has 1 aromatic rings. The highest BCUT2D eigenvalue weighted by Crippen LogP contribution is 2.29. The van der Waals surface area contributed by atoms with Crippen molar-refractivity contribution in [3.8, 4) is 5.75 Å².